The molecule has 196 valence electrons. The second-order valence-corrected chi connectivity index (χ2v) is 11.4. The SMILES string of the molecule is CC(C)(C)OC(=O)N1C2CC=CCN(C(=O)OCC3c4ccccc4-c4ccccc43)CC2OC1(C)C. The maximum Gasteiger partial charge on any atom is 0.412 e. The third-order valence-corrected chi connectivity index (χ3v) is 7.24. The third kappa shape index (κ3) is 4.97. The Balaban J connectivity index is 1.30. The van der Waals surface area contributed by atoms with Crippen LogP contribution in [0.3, 0.4) is 0 Å². The average Bonchev–Trinajstić information content (AvgIpc) is 3.26. The Hall–Kier alpha value is -3.32. The van der Waals surface area contributed by atoms with E-state index in [0.29, 0.717) is 19.5 Å². The molecule has 2 aromatic carbocycles. The van der Waals surface area contributed by atoms with Crippen LogP contribution in [0.5, 0.6) is 0 Å². The van der Waals surface area contributed by atoms with Gasteiger partial charge in [0.2, 0.25) is 0 Å². The molecular weight excluding hydrogens is 468 g/mol. The first-order valence-corrected chi connectivity index (χ1v) is 13.0. The van der Waals surface area contributed by atoms with Crippen molar-refractivity contribution < 1.29 is 23.8 Å². The molecule has 1 aliphatic carbocycles. The zero-order valence-electron chi connectivity index (χ0n) is 22.3. The van der Waals surface area contributed by atoms with E-state index >= 15 is 0 Å². The van der Waals surface area contributed by atoms with Gasteiger partial charge in [0.15, 0.2) is 0 Å². The van der Waals surface area contributed by atoms with Gasteiger partial charge < -0.3 is 19.1 Å². The van der Waals surface area contributed by atoms with Crippen molar-refractivity contribution in [1.29, 1.82) is 0 Å². The lowest BCUT2D eigenvalue weighted by Gasteiger charge is -2.35. The van der Waals surface area contributed by atoms with Crippen LogP contribution in [0.2, 0.25) is 0 Å². The maximum atomic E-state index is 13.3. The molecule has 2 aromatic rings. The van der Waals surface area contributed by atoms with Crippen molar-refractivity contribution >= 4 is 12.2 Å². The monoisotopic (exact) mass is 504 g/mol. The number of amides is 2. The van der Waals surface area contributed by atoms with Gasteiger partial charge in [0.05, 0.1) is 18.7 Å². The Bertz CT molecular complexity index is 1170. The Labute approximate surface area is 219 Å². The Kier molecular flexibility index (Phi) is 6.52. The van der Waals surface area contributed by atoms with Crippen molar-refractivity contribution in [2.45, 2.75) is 70.4 Å². The largest absolute Gasteiger partial charge is 0.448 e. The highest BCUT2D eigenvalue weighted by Gasteiger charge is 2.51. The first-order valence-electron chi connectivity index (χ1n) is 13.0. The van der Waals surface area contributed by atoms with Crippen molar-refractivity contribution in [3.8, 4) is 11.1 Å². The summed E-state index contributed by atoms with van der Waals surface area (Å²) in [6.07, 6.45) is 3.44. The van der Waals surface area contributed by atoms with E-state index in [4.69, 9.17) is 14.2 Å². The highest BCUT2D eigenvalue weighted by molar-refractivity contribution is 5.79. The number of hydrogen-bond donors (Lipinski definition) is 0. The summed E-state index contributed by atoms with van der Waals surface area (Å²) >= 11 is 0. The van der Waals surface area contributed by atoms with Crippen molar-refractivity contribution in [3.05, 3.63) is 71.8 Å². The minimum absolute atomic E-state index is 0.00118. The molecule has 0 spiro atoms. The first-order chi connectivity index (χ1) is 17.5. The average molecular weight is 505 g/mol. The molecule has 37 heavy (non-hydrogen) atoms. The van der Waals surface area contributed by atoms with Crippen LogP contribution in [0.4, 0.5) is 9.59 Å². The normalized spacial score (nSPS) is 22.5. The number of ether oxygens (including phenoxy) is 3. The predicted molar refractivity (Wildman–Crippen MR) is 141 cm³/mol. The molecule has 2 atom stereocenters. The fourth-order valence-corrected chi connectivity index (χ4v) is 5.72. The Morgan fingerprint density at radius 2 is 1.59 bits per heavy atom. The second-order valence-electron chi connectivity index (χ2n) is 11.4. The fourth-order valence-electron chi connectivity index (χ4n) is 5.72. The molecule has 7 heteroatoms. The number of hydrogen-bond acceptors (Lipinski definition) is 5. The maximum absolute atomic E-state index is 13.3. The van der Waals surface area contributed by atoms with Crippen LogP contribution in [0.1, 0.15) is 58.1 Å². The lowest BCUT2D eigenvalue weighted by atomic mass is 9.98. The molecule has 7 nitrogen and oxygen atoms in total. The zero-order chi connectivity index (χ0) is 26.4. The van der Waals surface area contributed by atoms with Gasteiger partial charge in [-0.25, -0.2) is 9.59 Å². The molecule has 0 N–H and O–H groups in total. The summed E-state index contributed by atoms with van der Waals surface area (Å²) in [7, 11) is 0. The van der Waals surface area contributed by atoms with Crippen molar-refractivity contribution in [1.82, 2.24) is 9.80 Å². The fraction of sp³-hybridized carbons (Fsp3) is 0.467. The number of carbonyl (C=O) groups is 2. The van der Waals surface area contributed by atoms with E-state index in [-0.39, 0.29) is 30.8 Å². The van der Waals surface area contributed by atoms with E-state index in [2.05, 4.69) is 24.3 Å². The quantitative estimate of drug-likeness (QED) is 0.474. The lowest BCUT2D eigenvalue weighted by Crippen LogP contribution is -2.51. The summed E-state index contributed by atoms with van der Waals surface area (Å²) in [5.74, 6) is -0.00118. The molecular formula is C30H36N2O5. The van der Waals surface area contributed by atoms with Crippen molar-refractivity contribution in [2.75, 3.05) is 19.7 Å². The van der Waals surface area contributed by atoms with Gasteiger partial charge in [-0.2, -0.15) is 0 Å². The van der Waals surface area contributed by atoms with Gasteiger partial charge in [0.1, 0.15) is 17.9 Å². The van der Waals surface area contributed by atoms with Gasteiger partial charge in [-0.3, -0.25) is 4.90 Å². The van der Waals surface area contributed by atoms with Crippen LogP contribution in [0.25, 0.3) is 11.1 Å². The molecule has 2 aliphatic heterocycles. The zero-order valence-corrected chi connectivity index (χ0v) is 22.3. The number of fused-ring (bicyclic) bond motifs is 4. The summed E-state index contributed by atoms with van der Waals surface area (Å²) in [6, 6.07) is 16.3. The number of benzene rings is 2. The summed E-state index contributed by atoms with van der Waals surface area (Å²) in [6.45, 7) is 10.3. The van der Waals surface area contributed by atoms with Gasteiger partial charge in [-0.15, -0.1) is 0 Å². The highest BCUT2D eigenvalue weighted by Crippen LogP contribution is 2.44. The summed E-state index contributed by atoms with van der Waals surface area (Å²) in [5, 5.41) is 0. The van der Waals surface area contributed by atoms with Gasteiger partial charge in [-0.1, -0.05) is 60.7 Å². The van der Waals surface area contributed by atoms with Crippen LogP contribution >= 0.6 is 0 Å². The molecule has 5 rings (SSSR count). The van der Waals surface area contributed by atoms with Crippen LogP contribution in [0, 0.1) is 0 Å². The smallest absolute Gasteiger partial charge is 0.412 e. The highest BCUT2D eigenvalue weighted by atomic mass is 16.6. The molecule has 1 fully saturated rings. The molecule has 0 saturated carbocycles. The van der Waals surface area contributed by atoms with E-state index in [9.17, 15) is 9.59 Å². The molecule has 1 saturated heterocycles. The Morgan fingerprint density at radius 3 is 2.22 bits per heavy atom. The van der Waals surface area contributed by atoms with Crippen molar-refractivity contribution in [3.63, 3.8) is 0 Å². The molecule has 2 unspecified atom stereocenters. The molecule has 3 aliphatic rings. The summed E-state index contributed by atoms with van der Waals surface area (Å²) in [4.78, 5) is 29.7. The van der Waals surface area contributed by atoms with E-state index in [0.717, 1.165) is 0 Å². The minimum atomic E-state index is -0.858. The molecule has 2 heterocycles. The molecule has 0 aromatic heterocycles. The van der Waals surface area contributed by atoms with Gasteiger partial charge in [0.25, 0.3) is 0 Å². The van der Waals surface area contributed by atoms with E-state index in [1.807, 2.05) is 71.0 Å². The molecule has 2 amide bonds. The van der Waals surface area contributed by atoms with Crippen LogP contribution in [0.15, 0.2) is 60.7 Å². The van der Waals surface area contributed by atoms with Crippen LogP contribution in [-0.4, -0.2) is 65.2 Å². The number of carbonyl (C=O) groups excluding carboxylic acids is 2. The Morgan fingerprint density at radius 1 is 0.973 bits per heavy atom. The summed E-state index contributed by atoms with van der Waals surface area (Å²) in [5.41, 5.74) is 3.27. The third-order valence-electron chi connectivity index (χ3n) is 7.24. The van der Waals surface area contributed by atoms with Crippen LogP contribution < -0.4 is 0 Å². The standard InChI is InChI=1S/C30H36N2O5/c1-29(2,3)37-28(34)32-25-16-10-11-17-31(18-26(25)36-30(32,4)5)27(33)35-19-24-22-14-8-6-12-20(22)21-13-7-9-15-23(21)24/h6-15,24-26H,16-19H2,1-5H3. The molecule has 0 bridgehead atoms. The van der Waals surface area contributed by atoms with Gasteiger partial charge >= 0.3 is 12.2 Å². The van der Waals surface area contributed by atoms with E-state index in [1.54, 1.807) is 9.80 Å². The lowest BCUT2D eigenvalue weighted by molar-refractivity contribution is -0.0821. The van der Waals surface area contributed by atoms with E-state index < -0.39 is 17.4 Å². The predicted octanol–water partition coefficient (Wildman–Crippen LogP) is 5.94. The topological polar surface area (TPSA) is 68.3 Å². The van der Waals surface area contributed by atoms with Gasteiger partial charge in [-0.05, 0) is 63.3 Å². The van der Waals surface area contributed by atoms with E-state index in [1.165, 1.54) is 22.3 Å². The van der Waals surface area contributed by atoms with Gasteiger partial charge in [0, 0.05) is 12.5 Å². The minimum Gasteiger partial charge on any atom is -0.448 e. The second kappa shape index (κ2) is 9.53. The van der Waals surface area contributed by atoms with Crippen LogP contribution in [-0.2, 0) is 14.2 Å². The van der Waals surface area contributed by atoms with Crippen molar-refractivity contribution in [2.24, 2.45) is 0 Å². The number of rotatable bonds is 2. The molecule has 0 radical (unpaired) electrons. The summed E-state index contributed by atoms with van der Waals surface area (Å²) < 4.78 is 17.9. The first kappa shape index (κ1) is 25.3. The number of nitrogens with zero attached hydrogens (tertiary/aromatic N) is 2.